The van der Waals surface area contributed by atoms with Crippen LogP contribution in [0.15, 0.2) is 90.3 Å². The van der Waals surface area contributed by atoms with Gasteiger partial charge in [-0.2, -0.15) is 0 Å². The molecule has 7 nitrogen and oxygen atoms in total. The molecule has 3 aromatic carbocycles. The molecule has 0 saturated carbocycles. The molecule has 4 aromatic rings. The van der Waals surface area contributed by atoms with Gasteiger partial charge in [0.15, 0.2) is 5.78 Å². The minimum absolute atomic E-state index is 0.0937. The zero-order valence-corrected chi connectivity index (χ0v) is 21.9. The molecular formula is C31H30FN5O2. The molecule has 0 radical (unpaired) electrons. The van der Waals surface area contributed by atoms with Crippen molar-refractivity contribution in [1.29, 1.82) is 0 Å². The number of fused-ring (bicyclic) bond motifs is 1. The van der Waals surface area contributed by atoms with Gasteiger partial charge >= 0.3 is 0 Å². The highest BCUT2D eigenvalue weighted by Gasteiger charge is 2.38. The molecule has 198 valence electrons. The number of para-hydroxylation sites is 2. The topological polar surface area (TPSA) is 81.1 Å². The summed E-state index contributed by atoms with van der Waals surface area (Å²) in [6.45, 7) is 4.97. The first-order valence-corrected chi connectivity index (χ1v) is 13.1. The Morgan fingerprint density at radius 2 is 1.82 bits per heavy atom. The molecule has 0 saturated heterocycles. The zero-order valence-electron chi connectivity index (χ0n) is 21.9. The summed E-state index contributed by atoms with van der Waals surface area (Å²) in [5.74, 6) is 0.583. The van der Waals surface area contributed by atoms with Gasteiger partial charge in [0.1, 0.15) is 23.9 Å². The summed E-state index contributed by atoms with van der Waals surface area (Å²) in [7, 11) is 0. The standard InChI is InChI=1S/C31H30FN5O2/c1-31(2)15-27-29(28(38)16-31)30(34-26-9-4-3-8-25(26)33-27)21-10-12-24(13-11-21)39-19-23-18-37(36-35-23)17-20-6-5-7-22(32)14-20/h3-14,18,30,33-34H,15-17,19H2,1-2H3. The van der Waals surface area contributed by atoms with Gasteiger partial charge in [-0.15, -0.1) is 5.10 Å². The van der Waals surface area contributed by atoms with Crippen molar-refractivity contribution in [2.45, 2.75) is 45.9 Å². The van der Waals surface area contributed by atoms with Crippen molar-refractivity contribution < 1.29 is 13.9 Å². The third kappa shape index (κ3) is 5.41. The number of anilines is 2. The van der Waals surface area contributed by atoms with Crippen LogP contribution in [0.3, 0.4) is 0 Å². The van der Waals surface area contributed by atoms with E-state index in [0.29, 0.717) is 24.4 Å². The largest absolute Gasteiger partial charge is 0.487 e. The Morgan fingerprint density at radius 3 is 2.62 bits per heavy atom. The molecule has 1 aliphatic carbocycles. The fourth-order valence-electron chi connectivity index (χ4n) is 5.36. The molecule has 2 heterocycles. The highest BCUT2D eigenvalue weighted by Crippen LogP contribution is 2.45. The van der Waals surface area contributed by atoms with Crippen molar-refractivity contribution in [3.8, 4) is 5.75 Å². The average molecular weight is 524 g/mol. The van der Waals surface area contributed by atoms with Gasteiger partial charge in [-0.1, -0.05) is 55.5 Å². The molecule has 2 N–H and O–H groups in total. The van der Waals surface area contributed by atoms with Gasteiger partial charge < -0.3 is 15.4 Å². The fourth-order valence-corrected chi connectivity index (χ4v) is 5.36. The van der Waals surface area contributed by atoms with E-state index in [2.05, 4.69) is 34.8 Å². The Balaban J connectivity index is 1.18. The zero-order chi connectivity index (χ0) is 27.0. The Hall–Kier alpha value is -4.46. The lowest BCUT2D eigenvalue weighted by molar-refractivity contribution is -0.118. The van der Waals surface area contributed by atoms with Crippen molar-refractivity contribution in [2.24, 2.45) is 5.41 Å². The van der Waals surface area contributed by atoms with Crippen LogP contribution in [0, 0.1) is 11.2 Å². The minimum Gasteiger partial charge on any atom is -0.487 e. The minimum atomic E-state index is -0.275. The summed E-state index contributed by atoms with van der Waals surface area (Å²) in [4.78, 5) is 13.4. The van der Waals surface area contributed by atoms with E-state index in [-0.39, 0.29) is 29.7 Å². The predicted octanol–water partition coefficient (Wildman–Crippen LogP) is 6.27. The molecule has 1 unspecified atom stereocenters. The number of carbonyl (C=O) groups is 1. The molecule has 6 rings (SSSR count). The lowest BCUT2D eigenvalue weighted by Crippen LogP contribution is -2.31. The third-order valence-electron chi connectivity index (χ3n) is 7.14. The van der Waals surface area contributed by atoms with Crippen molar-refractivity contribution in [3.05, 3.63) is 113 Å². The van der Waals surface area contributed by atoms with Gasteiger partial charge in [0.05, 0.1) is 30.2 Å². The van der Waals surface area contributed by atoms with Gasteiger partial charge in [0.25, 0.3) is 0 Å². The van der Waals surface area contributed by atoms with Crippen LogP contribution >= 0.6 is 0 Å². The first kappa shape index (κ1) is 24.9. The third-order valence-corrected chi connectivity index (χ3v) is 7.14. The lowest BCUT2D eigenvalue weighted by Gasteiger charge is -2.34. The maximum absolute atomic E-state index is 13.5. The van der Waals surface area contributed by atoms with E-state index in [0.717, 1.165) is 40.2 Å². The van der Waals surface area contributed by atoms with E-state index < -0.39 is 0 Å². The van der Waals surface area contributed by atoms with E-state index in [4.69, 9.17) is 4.74 Å². The number of allylic oxidation sites excluding steroid dienone is 1. The van der Waals surface area contributed by atoms with Crippen LogP contribution in [0.2, 0.25) is 0 Å². The van der Waals surface area contributed by atoms with Gasteiger partial charge in [-0.25, -0.2) is 9.07 Å². The molecule has 0 fully saturated rings. The number of hydrogen-bond acceptors (Lipinski definition) is 6. The molecule has 0 bridgehead atoms. The van der Waals surface area contributed by atoms with Crippen LogP contribution in [-0.4, -0.2) is 20.8 Å². The van der Waals surface area contributed by atoms with Gasteiger partial charge in [-0.3, -0.25) is 4.79 Å². The number of aromatic nitrogens is 3. The molecule has 39 heavy (non-hydrogen) atoms. The van der Waals surface area contributed by atoms with E-state index >= 15 is 0 Å². The number of nitrogens with one attached hydrogen (secondary N) is 2. The second kappa shape index (κ2) is 10.0. The normalized spacial score (nSPS) is 17.9. The monoisotopic (exact) mass is 523 g/mol. The second-order valence-corrected chi connectivity index (χ2v) is 11.0. The maximum Gasteiger partial charge on any atom is 0.163 e. The maximum atomic E-state index is 13.5. The number of rotatable bonds is 6. The van der Waals surface area contributed by atoms with Crippen LogP contribution in [0.4, 0.5) is 15.8 Å². The molecule has 0 amide bonds. The number of Topliss-reactive ketones (excluding diaryl/α,β-unsaturated/α-hetero) is 1. The Morgan fingerprint density at radius 1 is 1.03 bits per heavy atom. The Bertz CT molecular complexity index is 1560. The van der Waals surface area contributed by atoms with Crippen LogP contribution in [-0.2, 0) is 17.9 Å². The molecule has 1 aliphatic heterocycles. The smallest absolute Gasteiger partial charge is 0.163 e. The quantitative estimate of drug-likeness (QED) is 0.310. The lowest BCUT2D eigenvalue weighted by atomic mass is 9.73. The van der Waals surface area contributed by atoms with E-state index in [1.54, 1.807) is 16.9 Å². The summed E-state index contributed by atoms with van der Waals surface area (Å²) in [5, 5.41) is 15.5. The predicted molar refractivity (Wildman–Crippen MR) is 148 cm³/mol. The summed E-state index contributed by atoms with van der Waals surface area (Å²) >= 11 is 0. The van der Waals surface area contributed by atoms with Crippen LogP contribution in [0.25, 0.3) is 0 Å². The van der Waals surface area contributed by atoms with Crippen LogP contribution in [0.1, 0.15) is 49.6 Å². The van der Waals surface area contributed by atoms with Crippen molar-refractivity contribution >= 4 is 17.2 Å². The van der Waals surface area contributed by atoms with E-state index in [9.17, 15) is 9.18 Å². The number of halogens is 1. The summed E-state index contributed by atoms with van der Waals surface area (Å²) in [6, 6.07) is 22.0. The SMILES string of the molecule is CC1(C)CC(=O)C2=C(C1)Nc1ccccc1NC2c1ccc(OCc2cn(Cc3cccc(F)c3)nn2)cc1. The number of benzene rings is 3. The number of nitrogens with zero attached hydrogens (tertiary/aromatic N) is 3. The molecule has 8 heteroatoms. The summed E-state index contributed by atoms with van der Waals surface area (Å²) in [5.41, 5.74) is 6.10. The Kier molecular flexibility index (Phi) is 6.38. The van der Waals surface area contributed by atoms with Gasteiger partial charge in [0, 0.05) is 17.7 Å². The van der Waals surface area contributed by atoms with Crippen molar-refractivity contribution in [3.63, 3.8) is 0 Å². The number of ketones is 1. The number of hydrogen-bond donors (Lipinski definition) is 2. The fraction of sp³-hybridized carbons (Fsp3) is 0.258. The summed E-state index contributed by atoms with van der Waals surface area (Å²) in [6.07, 6.45) is 3.12. The molecule has 1 aromatic heterocycles. The average Bonchev–Trinajstić information content (AvgIpc) is 3.27. The highest BCUT2D eigenvalue weighted by atomic mass is 19.1. The molecular weight excluding hydrogens is 493 g/mol. The summed E-state index contributed by atoms with van der Waals surface area (Å²) < 4.78 is 21.1. The molecule has 1 atom stereocenters. The van der Waals surface area contributed by atoms with Crippen LogP contribution < -0.4 is 15.4 Å². The first-order chi connectivity index (χ1) is 18.8. The van der Waals surface area contributed by atoms with Crippen LogP contribution in [0.5, 0.6) is 5.75 Å². The van der Waals surface area contributed by atoms with Gasteiger partial charge in [-0.05, 0) is 59.4 Å². The van der Waals surface area contributed by atoms with Gasteiger partial charge in [0.2, 0.25) is 0 Å². The number of ether oxygens (including phenoxy) is 1. The highest BCUT2D eigenvalue weighted by molar-refractivity contribution is 6.01. The van der Waals surface area contributed by atoms with E-state index in [1.807, 2.05) is 54.6 Å². The number of carbonyl (C=O) groups excluding carboxylic acids is 1. The van der Waals surface area contributed by atoms with Crippen molar-refractivity contribution in [2.75, 3.05) is 10.6 Å². The molecule has 0 spiro atoms. The Labute approximate surface area is 226 Å². The first-order valence-electron chi connectivity index (χ1n) is 13.1. The van der Waals surface area contributed by atoms with E-state index in [1.165, 1.54) is 12.1 Å². The molecule has 2 aliphatic rings. The van der Waals surface area contributed by atoms with Crippen molar-refractivity contribution in [1.82, 2.24) is 15.0 Å². The second-order valence-electron chi connectivity index (χ2n) is 11.0.